The van der Waals surface area contributed by atoms with E-state index in [0.29, 0.717) is 5.75 Å². The molecule has 0 amide bonds. The number of aromatic nitrogens is 1. The Morgan fingerprint density at radius 1 is 0.938 bits per heavy atom. The Morgan fingerprint density at radius 2 is 1.81 bits per heavy atom. The molecule has 0 aliphatic rings. The average molecular weight is 209 g/mol. The van der Waals surface area contributed by atoms with Crippen LogP contribution in [0, 0.1) is 0 Å². The second kappa shape index (κ2) is 3.42. The van der Waals surface area contributed by atoms with E-state index in [1.165, 1.54) is 5.39 Å². The number of hydrogen-bond acceptors (Lipinski definition) is 1. The molecule has 0 unspecified atom stereocenters. The molecular weight excluding hydrogens is 198 g/mol. The van der Waals surface area contributed by atoms with Crippen LogP contribution in [0.2, 0.25) is 0 Å². The Kier molecular flexibility index (Phi) is 1.93. The van der Waals surface area contributed by atoms with Crippen LogP contribution < -0.4 is 0 Å². The molecule has 0 atom stereocenters. The minimum atomic E-state index is 0.296. The summed E-state index contributed by atoms with van der Waals surface area (Å²) in [7, 11) is 0. The summed E-state index contributed by atoms with van der Waals surface area (Å²) in [5, 5.41) is 10.7. The monoisotopic (exact) mass is 209 g/mol. The zero-order valence-corrected chi connectivity index (χ0v) is 8.64. The quantitative estimate of drug-likeness (QED) is 0.631. The zero-order valence-electron chi connectivity index (χ0n) is 8.64. The van der Waals surface area contributed by atoms with E-state index in [1.807, 2.05) is 30.5 Å². The van der Waals surface area contributed by atoms with Crippen LogP contribution in [0.3, 0.4) is 0 Å². The van der Waals surface area contributed by atoms with Crippen molar-refractivity contribution in [2.24, 2.45) is 0 Å². The molecule has 3 aromatic rings. The van der Waals surface area contributed by atoms with Gasteiger partial charge in [0.15, 0.2) is 0 Å². The number of benzene rings is 2. The van der Waals surface area contributed by atoms with Crippen LogP contribution in [0.25, 0.3) is 22.0 Å². The molecule has 0 bridgehead atoms. The molecule has 16 heavy (non-hydrogen) atoms. The van der Waals surface area contributed by atoms with Gasteiger partial charge < -0.3 is 10.1 Å². The van der Waals surface area contributed by atoms with Gasteiger partial charge in [0, 0.05) is 17.1 Å². The fourth-order valence-electron chi connectivity index (χ4n) is 2.01. The van der Waals surface area contributed by atoms with E-state index in [1.54, 1.807) is 12.1 Å². The minimum absolute atomic E-state index is 0.296. The molecule has 2 nitrogen and oxygen atoms in total. The molecular formula is C14H11NO. The predicted octanol–water partition coefficient (Wildman–Crippen LogP) is 3.54. The molecule has 0 saturated heterocycles. The highest BCUT2D eigenvalue weighted by Crippen LogP contribution is 2.29. The molecule has 3 rings (SSSR count). The van der Waals surface area contributed by atoms with Gasteiger partial charge >= 0.3 is 0 Å². The fourth-order valence-corrected chi connectivity index (χ4v) is 2.01. The Hall–Kier alpha value is -2.22. The lowest BCUT2D eigenvalue weighted by Crippen LogP contribution is -1.78. The number of H-pyrrole nitrogens is 1. The van der Waals surface area contributed by atoms with Crippen molar-refractivity contribution in [2.45, 2.75) is 0 Å². The van der Waals surface area contributed by atoms with Crippen LogP contribution in [0.15, 0.2) is 54.7 Å². The lowest BCUT2D eigenvalue weighted by molar-refractivity contribution is 0.475. The molecule has 2 aromatic carbocycles. The second-order valence-electron chi connectivity index (χ2n) is 3.79. The third kappa shape index (κ3) is 1.36. The van der Waals surface area contributed by atoms with E-state index in [2.05, 4.69) is 17.1 Å². The van der Waals surface area contributed by atoms with Crippen LogP contribution >= 0.6 is 0 Å². The third-order valence-electron chi connectivity index (χ3n) is 2.75. The number of aromatic amines is 1. The summed E-state index contributed by atoms with van der Waals surface area (Å²) in [5.41, 5.74) is 3.28. The van der Waals surface area contributed by atoms with Crippen molar-refractivity contribution >= 4 is 10.9 Å². The van der Waals surface area contributed by atoms with Crippen molar-refractivity contribution in [1.29, 1.82) is 0 Å². The first kappa shape index (κ1) is 9.04. The smallest absolute Gasteiger partial charge is 0.116 e. The lowest BCUT2D eigenvalue weighted by Gasteiger charge is -2.04. The fraction of sp³-hybridized carbons (Fsp3) is 0. The summed E-state index contributed by atoms with van der Waals surface area (Å²) >= 11 is 0. The van der Waals surface area contributed by atoms with Gasteiger partial charge in [0.05, 0.1) is 0 Å². The molecule has 0 saturated carbocycles. The second-order valence-corrected chi connectivity index (χ2v) is 3.79. The first-order valence-electron chi connectivity index (χ1n) is 5.20. The van der Waals surface area contributed by atoms with E-state index >= 15 is 0 Å². The highest BCUT2D eigenvalue weighted by molar-refractivity contribution is 5.95. The number of rotatable bonds is 1. The number of phenolic OH excluding ortho intramolecular Hbond substituents is 1. The van der Waals surface area contributed by atoms with E-state index in [0.717, 1.165) is 16.6 Å². The summed E-state index contributed by atoms with van der Waals surface area (Å²) in [5.74, 6) is 0.296. The van der Waals surface area contributed by atoms with Gasteiger partial charge in [0.1, 0.15) is 5.75 Å². The summed E-state index contributed by atoms with van der Waals surface area (Å²) in [6.45, 7) is 0. The Morgan fingerprint density at radius 3 is 2.69 bits per heavy atom. The van der Waals surface area contributed by atoms with Gasteiger partial charge in [-0.2, -0.15) is 0 Å². The highest BCUT2D eigenvalue weighted by atomic mass is 16.3. The number of fused-ring (bicyclic) bond motifs is 1. The van der Waals surface area contributed by atoms with Crippen molar-refractivity contribution in [3.63, 3.8) is 0 Å². The maximum atomic E-state index is 9.49. The van der Waals surface area contributed by atoms with Crippen LogP contribution in [-0.2, 0) is 0 Å². The van der Waals surface area contributed by atoms with Crippen LogP contribution in [0.4, 0.5) is 0 Å². The predicted molar refractivity (Wildman–Crippen MR) is 65.4 cm³/mol. The SMILES string of the molecule is Oc1cccc(-c2cccc3[nH]ccc23)c1. The Balaban J connectivity index is 2.29. The standard InChI is InChI=1S/C14H11NO/c16-11-4-1-3-10(9-11)12-5-2-6-14-13(12)7-8-15-14/h1-9,15-16H. The van der Waals surface area contributed by atoms with E-state index < -0.39 is 0 Å². The summed E-state index contributed by atoms with van der Waals surface area (Å²) in [4.78, 5) is 3.18. The maximum Gasteiger partial charge on any atom is 0.116 e. The van der Waals surface area contributed by atoms with Gasteiger partial charge in [-0.25, -0.2) is 0 Å². The average Bonchev–Trinajstić information content (AvgIpc) is 2.76. The largest absolute Gasteiger partial charge is 0.508 e. The minimum Gasteiger partial charge on any atom is -0.508 e. The van der Waals surface area contributed by atoms with E-state index in [4.69, 9.17) is 0 Å². The van der Waals surface area contributed by atoms with Crippen molar-refractivity contribution in [1.82, 2.24) is 4.98 Å². The molecule has 0 radical (unpaired) electrons. The normalized spacial score (nSPS) is 10.8. The Labute approximate surface area is 93.2 Å². The first-order valence-corrected chi connectivity index (χ1v) is 5.20. The molecule has 2 heteroatoms. The molecule has 78 valence electrons. The van der Waals surface area contributed by atoms with Crippen molar-refractivity contribution in [3.8, 4) is 16.9 Å². The van der Waals surface area contributed by atoms with Gasteiger partial charge in [-0.1, -0.05) is 24.3 Å². The molecule has 0 aliphatic carbocycles. The van der Waals surface area contributed by atoms with Gasteiger partial charge in [-0.3, -0.25) is 0 Å². The first-order chi connectivity index (χ1) is 7.84. The highest BCUT2D eigenvalue weighted by Gasteiger charge is 2.04. The van der Waals surface area contributed by atoms with Gasteiger partial charge in [0.25, 0.3) is 0 Å². The molecule has 1 aromatic heterocycles. The molecule has 0 aliphatic heterocycles. The molecule has 2 N–H and O–H groups in total. The summed E-state index contributed by atoms with van der Waals surface area (Å²) < 4.78 is 0. The van der Waals surface area contributed by atoms with Crippen LogP contribution in [-0.4, -0.2) is 10.1 Å². The third-order valence-corrected chi connectivity index (χ3v) is 2.75. The number of phenols is 1. The van der Waals surface area contributed by atoms with Gasteiger partial charge in [-0.05, 0) is 35.4 Å². The van der Waals surface area contributed by atoms with Crippen molar-refractivity contribution < 1.29 is 5.11 Å². The number of aromatic hydroxyl groups is 1. The van der Waals surface area contributed by atoms with Gasteiger partial charge in [0.2, 0.25) is 0 Å². The maximum absolute atomic E-state index is 9.49. The number of hydrogen-bond donors (Lipinski definition) is 2. The molecule has 1 heterocycles. The molecule has 0 spiro atoms. The van der Waals surface area contributed by atoms with Crippen molar-refractivity contribution in [3.05, 3.63) is 54.7 Å². The van der Waals surface area contributed by atoms with E-state index in [9.17, 15) is 5.11 Å². The van der Waals surface area contributed by atoms with Gasteiger partial charge in [-0.15, -0.1) is 0 Å². The van der Waals surface area contributed by atoms with E-state index in [-0.39, 0.29) is 0 Å². The zero-order chi connectivity index (χ0) is 11.0. The van der Waals surface area contributed by atoms with Crippen LogP contribution in [0.1, 0.15) is 0 Å². The lowest BCUT2D eigenvalue weighted by atomic mass is 10.0. The molecule has 0 fully saturated rings. The van der Waals surface area contributed by atoms with Crippen LogP contribution in [0.5, 0.6) is 5.75 Å². The summed E-state index contributed by atoms with van der Waals surface area (Å²) in [6.07, 6.45) is 1.93. The van der Waals surface area contributed by atoms with Crippen molar-refractivity contribution in [2.75, 3.05) is 0 Å². The summed E-state index contributed by atoms with van der Waals surface area (Å²) in [6, 6.07) is 15.5. The number of nitrogens with one attached hydrogen (secondary N) is 1. The topological polar surface area (TPSA) is 36.0 Å². The Bertz CT molecular complexity index is 640.